The maximum atomic E-state index is 13.7. The summed E-state index contributed by atoms with van der Waals surface area (Å²) in [6, 6.07) is 7.64. The first-order valence-electron chi connectivity index (χ1n) is 9.13. The molecule has 2 aromatic carbocycles. The molecule has 0 bridgehead atoms. The number of aromatic amines is 1. The second kappa shape index (κ2) is 8.16. The molecule has 0 aliphatic carbocycles. The molecule has 0 fully saturated rings. The van der Waals surface area contributed by atoms with Crippen LogP contribution in [0.5, 0.6) is 0 Å². The predicted octanol–water partition coefficient (Wildman–Crippen LogP) is 4.38. The highest BCUT2D eigenvalue weighted by atomic mass is 32.1. The normalized spacial score (nSPS) is 12.9. The number of oxazole rings is 1. The Morgan fingerprint density at radius 2 is 2.03 bits per heavy atom. The Balaban J connectivity index is 1.38. The van der Waals surface area contributed by atoms with Crippen LogP contribution in [-0.2, 0) is 12.6 Å². The van der Waals surface area contributed by atoms with Gasteiger partial charge in [0, 0.05) is 18.8 Å². The van der Waals surface area contributed by atoms with Gasteiger partial charge in [0.15, 0.2) is 10.7 Å². The van der Waals surface area contributed by atoms with Crippen LogP contribution in [-0.4, -0.2) is 22.6 Å². The van der Waals surface area contributed by atoms with Crippen LogP contribution < -0.4 is 16.8 Å². The summed E-state index contributed by atoms with van der Waals surface area (Å²) >= 11 is 1.36. The number of halogens is 4. The Kier molecular flexibility index (Phi) is 5.54. The fraction of sp³-hybridized carbons (Fsp3) is 0.200. The Labute approximate surface area is 176 Å². The lowest BCUT2D eigenvalue weighted by molar-refractivity contribution is -0.140. The van der Waals surface area contributed by atoms with E-state index in [2.05, 4.69) is 15.3 Å². The zero-order chi connectivity index (χ0) is 22.2. The summed E-state index contributed by atoms with van der Waals surface area (Å²) in [4.78, 5) is 19.0. The van der Waals surface area contributed by atoms with Crippen molar-refractivity contribution in [3.8, 4) is 10.4 Å². The van der Waals surface area contributed by atoms with E-state index in [-0.39, 0.29) is 6.42 Å². The van der Waals surface area contributed by atoms with Crippen LogP contribution in [0.15, 0.2) is 51.8 Å². The van der Waals surface area contributed by atoms with Crippen molar-refractivity contribution < 1.29 is 22.0 Å². The summed E-state index contributed by atoms with van der Waals surface area (Å²) in [5, 5.41) is 3.67. The molecule has 31 heavy (non-hydrogen) atoms. The van der Waals surface area contributed by atoms with Crippen LogP contribution in [0.1, 0.15) is 11.1 Å². The molecule has 4 rings (SSSR count). The van der Waals surface area contributed by atoms with Gasteiger partial charge in [-0.2, -0.15) is 13.2 Å². The van der Waals surface area contributed by atoms with Gasteiger partial charge in [-0.1, -0.05) is 23.5 Å². The molecule has 0 radical (unpaired) electrons. The Morgan fingerprint density at radius 3 is 2.77 bits per heavy atom. The van der Waals surface area contributed by atoms with Crippen molar-refractivity contribution >= 4 is 27.6 Å². The van der Waals surface area contributed by atoms with Gasteiger partial charge in [-0.3, -0.25) is 4.98 Å². The lowest BCUT2D eigenvalue weighted by atomic mass is 10.0. The van der Waals surface area contributed by atoms with E-state index < -0.39 is 29.4 Å². The molecular weight excluding hydrogens is 436 g/mol. The van der Waals surface area contributed by atoms with Crippen LogP contribution in [0.25, 0.3) is 21.5 Å². The molecule has 0 saturated heterocycles. The van der Waals surface area contributed by atoms with E-state index in [9.17, 15) is 22.4 Å². The molecule has 0 aliphatic rings. The number of fused-ring (bicyclic) bond motifs is 1. The molecular formula is C20H16F4N4O2S. The van der Waals surface area contributed by atoms with Gasteiger partial charge in [-0.15, -0.1) is 0 Å². The molecule has 0 amide bonds. The number of H-pyrrole nitrogens is 1. The van der Waals surface area contributed by atoms with E-state index in [4.69, 9.17) is 10.2 Å². The number of thiazole rings is 1. The summed E-state index contributed by atoms with van der Waals surface area (Å²) < 4.78 is 56.7. The van der Waals surface area contributed by atoms with Gasteiger partial charge in [-0.05, 0) is 41.8 Å². The molecule has 11 heteroatoms. The van der Waals surface area contributed by atoms with Crippen LogP contribution in [0.3, 0.4) is 0 Å². The average Bonchev–Trinajstić information content (AvgIpc) is 3.30. The first-order chi connectivity index (χ1) is 14.7. The molecule has 0 unspecified atom stereocenters. The van der Waals surface area contributed by atoms with Gasteiger partial charge < -0.3 is 15.5 Å². The Morgan fingerprint density at radius 1 is 1.23 bits per heavy atom. The monoisotopic (exact) mass is 452 g/mol. The smallest absolute Gasteiger partial charge is 0.408 e. The third-order valence-electron chi connectivity index (χ3n) is 4.56. The number of rotatable bonds is 6. The number of hydrogen-bond acceptors (Lipinski definition) is 6. The standard InChI is InChI=1S/C20H16F4N4O2S/c21-14-6-10(1-3-13(14)20(22,23)24)5-12(25)8-26-18-27-9-17(31-18)11-2-4-15-16(7-11)30-19(29)28-15/h1-4,6-7,9,12H,5,8,25H2,(H,26,27)(H,28,29)/t12-/m0/s1. The van der Waals surface area contributed by atoms with Crippen molar-refractivity contribution in [1.29, 1.82) is 0 Å². The summed E-state index contributed by atoms with van der Waals surface area (Å²) in [5.74, 6) is -1.84. The van der Waals surface area contributed by atoms with Crippen molar-refractivity contribution in [2.75, 3.05) is 11.9 Å². The predicted molar refractivity (Wildman–Crippen MR) is 110 cm³/mol. The summed E-state index contributed by atoms with van der Waals surface area (Å²) in [6.07, 6.45) is -2.87. The molecule has 4 N–H and O–H groups in total. The lowest BCUT2D eigenvalue weighted by Crippen LogP contribution is -2.31. The number of aromatic nitrogens is 2. The van der Waals surface area contributed by atoms with E-state index in [0.29, 0.717) is 28.3 Å². The van der Waals surface area contributed by atoms with Gasteiger partial charge in [0.1, 0.15) is 5.82 Å². The summed E-state index contributed by atoms with van der Waals surface area (Å²) in [6.45, 7) is 0.293. The minimum Gasteiger partial charge on any atom is -0.408 e. The molecule has 162 valence electrons. The number of anilines is 1. The van der Waals surface area contributed by atoms with Crippen LogP contribution in [0, 0.1) is 5.82 Å². The van der Waals surface area contributed by atoms with Crippen LogP contribution in [0.2, 0.25) is 0 Å². The number of nitrogens with zero attached hydrogens (tertiary/aromatic N) is 1. The van der Waals surface area contributed by atoms with Crippen molar-refractivity contribution in [3.63, 3.8) is 0 Å². The number of hydrogen-bond donors (Lipinski definition) is 3. The zero-order valence-corrected chi connectivity index (χ0v) is 16.6. The molecule has 0 spiro atoms. The van der Waals surface area contributed by atoms with Crippen molar-refractivity contribution in [3.05, 3.63) is 70.1 Å². The van der Waals surface area contributed by atoms with Gasteiger partial charge in [0.2, 0.25) is 0 Å². The maximum absolute atomic E-state index is 13.7. The van der Waals surface area contributed by atoms with E-state index in [1.165, 1.54) is 17.4 Å². The highest BCUT2D eigenvalue weighted by molar-refractivity contribution is 7.18. The lowest BCUT2D eigenvalue weighted by Gasteiger charge is -2.14. The minimum absolute atomic E-state index is 0.198. The van der Waals surface area contributed by atoms with E-state index in [0.717, 1.165) is 22.6 Å². The molecule has 6 nitrogen and oxygen atoms in total. The topological polar surface area (TPSA) is 96.9 Å². The fourth-order valence-electron chi connectivity index (χ4n) is 3.10. The second-order valence-electron chi connectivity index (χ2n) is 6.91. The van der Waals surface area contributed by atoms with E-state index in [1.807, 2.05) is 6.07 Å². The number of nitrogens with one attached hydrogen (secondary N) is 2. The minimum atomic E-state index is -4.73. The molecule has 2 heterocycles. The quantitative estimate of drug-likeness (QED) is 0.377. The van der Waals surface area contributed by atoms with E-state index >= 15 is 0 Å². The third-order valence-corrected chi connectivity index (χ3v) is 5.57. The number of benzene rings is 2. The molecule has 0 aliphatic heterocycles. The van der Waals surface area contributed by atoms with Crippen molar-refractivity contribution in [2.45, 2.75) is 18.6 Å². The van der Waals surface area contributed by atoms with Crippen molar-refractivity contribution in [1.82, 2.24) is 9.97 Å². The van der Waals surface area contributed by atoms with Gasteiger partial charge in [0.05, 0.1) is 16.0 Å². The van der Waals surface area contributed by atoms with Gasteiger partial charge in [-0.25, -0.2) is 14.2 Å². The average molecular weight is 452 g/mol. The van der Waals surface area contributed by atoms with Crippen molar-refractivity contribution in [2.24, 2.45) is 5.73 Å². The number of nitrogens with two attached hydrogens (primary N) is 1. The second-order valence-corrected chi connectivity index (χ2v) is 7.94. The molecule has 0 saturated carbocycles. The number of alkyl halides is 3. The first-order valence-corrected chi connectivity index (χ1v) is 9.95. The molecule has 2 aromatic heterocycles. The fourth-order valence-corrected chi connectivity index (χ4v) is 3.92. The molecule has 4 aromatic rings. The molecule has 1 atom stereocenters. The maximum Gasteiger partial charge on any atom is 0.419 e. The van der Waals surface area contributed by atoms with Gasteiger partial charge >= 0.3 is 11.9 Å². The summed E-state index contributed by atoms with van der Waals surface area (Å²) in [7, 11) is 0. The van der Waals surface area contributed by atoms with E-state index in [1.54, 1.807) is 18.3 Å². The van der Waals surface area contributed by atoms with Crippen LogP contribution in [0.4, 0.5) is 22.7 Å². The van der Waals surface area contributed by atoms with Gasteiger partial charge in [0.25, 0.3) is 0 Å². The largest absolute Gasteiger partial charge is 0.419 e. The van der Waals surface area contributed by atoms with Crippen LogP contribution >= 0.6 is 11.3 Å². The highest BCUT2D eigenvalue weighted by Gasteiger charge is 2.33. The highest BCUT2D eigenvalue weighted by Crippen LogP contribution is 2.32. The zero-order valence-electron chi connectivity index (χ0n) is 15.8. The summed E-state index contributed by atoms with van der Waals surface area (Å²) in [5.41, 5.74) is 6.98. The third kappa shape index (κ3) is 4.78. The Bertz CT molecular complexity index is 1280. The first kappa shape index (κ1) is 21.1. The SMILES string of the molecule is N[C@H](CNc1ncc(-c2ccc3[nH]c(=O)oc3c2)s1)Cc1ccc(C(F)(F)F)c(F)c1. The Hall–Kier alpha value is -3.18.